The molecule has 1 aromatic rings. The van der Waals surface area contributed by atoms with Gasteiger partial charge in [0.25, 0.3) is 5.91 Å². The average Bonchev–Trinajstić information content (AvgIpc) is 2.99. The van der Waals surface area contributed by atoms with Gasteiger partial charge in [0.1, 0.15) is 0 Å². The smallest absolute Gasteiger partial charge is 0.273 e. The summed E-state index contributed by atoms with van der Waals surface area (Å²) in [5.41, 5.74) is 1.01. The van der Waals surface area contributed by atoms with E-state index in [0.717, 1.165) is 25.9 Å². The van der Waals surface area contributed by atoms with Crippen LogP contribution in [0.15, 0.2) is 0 Å². The van der Waals surface area contributed by atoms with Crippen molar-refractivity contribution in [2.24, 2.45) is 0 Å². The normalized spacial score (nSPS) is 19.1. The van der Waals surface area contributed by atoms with Gasteiger partial charge in [-0.2, -0.15) is 15.4 Å². The Morgan fingerprint density at radius 3 is 3.06 bits per heavy atom. The zero-order valence-electron chi connectivity index (χ0n) is 10.7. The Morgan fingerprint density at radius 1 is 1.50 bits per heavy atom. The molecule has 0 bridgehead atoms. The summed E-state index contributed by atoms with van der Waals surface area (Å²) in [6.07, 6.45) is 5.97. The molecule has 100 valence electrons. The number of hydrogen-bond donors (Lipinski definition) is 2. The van der Waals surface area contributed by atoms with E-state index >= 15 is 0 Å². The first kappa shape index (κ1) is 13.0. The Balaban J connectivity index is 1.58. The molecule has 1 aromatic heterocycles. The highest BCUT2D eigenvalue weighted by molar-refractivity contribution is 5.92. The lowest BCUT2D eigenvalue weighted by atomic mass is 10.1. The van der Waals surface area contributed by atoms with Crippen LogP contribution in [0.1, 0.15) is 48.3 Å². The van der Waals surface area contributed by atoms with Crippen molar-refractivity contribution in [3.8, 4) is 0 Å². The number of unbranched alkanes of at least 4 members (excludes halogenated alkanes) is 1. The predicted octanol–water partition coefficient (Wildman–Crippen LogP) is 1.19. The molecule has 1 amide bonds. The molecule has 2 N–H and O–H groups in total. The molecule has 0 saturated carbocycles. The molecule has 1 atom stereocenters. The first-order chi connectivity index (χ1) is 8.77. The lowest BCUT2D eigenvalue weighted by molar-refractivity contribution is 0.0942. The number of H-pyrrole nitrogens is 1. The summed E-state index contributed by atoms with van der Waals surface area (Å²) in [6.45, 7) is 3.35. The Kier molecular flexibility index (Phi) is 4.69. The minimum absolute atomic E-state index is 0.154. The second-order valence-electron chi connectivity index (χ2n) is 4.64. The fourth-order valence-corrected chi connectivity index (χ4v) is 2.15. The van der Waals surface area contributed by atoms with Gasteiger partial charge >= 0.3 is 0 Å². The van der Waals surface area contributed by atoms with Gasteiger partial charge in [0.2, 0.25) is 0 Å². The largest absolute Gasteiger partial charge is 0.378 e. The fourth-order valence-electron chi connectivity index (χ4n) is 2.15. The summed E-state index contributed by atoms with van der Waals surface area (Å²) in [5.74, 6) is -0.154. The fraction of sp³-hybridized carbons (Fsp3) is 0.750. The van der Waals surface area contributed by atoms with Crippen molar-refractivity contribution < 1.29 is 9.53 Å². The monoisotopic (exact) mass is 252 g/mol. The molecule has 18 heavy (non-hydrogen) atoms. The van der Waals surface area contributed by atoms with Crippen LogP contribution in [0.2, 0.25) is 0 Å². The van der Waals surface area contributed by atoms with Crippen LogP contribution in [0.5, 0.6) is 0 Å². The van der Waals surface area contributed by atoms with E-state index in [-0.39, 0.29) is 5.91 Å². The van der Waals surface area contributed by atoms with Crippen LogP contribution in [0.4, 0.5) is 0 Å². The third-order valence-corrected chi connectivity index (χ3v) is 3.20. The molecular weight excluding hydrogens is 232 g/mol. The minimum Gasteiger partial charge on any atom is -0.378 e. The number of aromatic nitrogens is 3. The lowest BCUT2D eigenvalue weighted by Crippen LogP contribution is -2.25. The number of hydrogen-bond acceptors (Lipinski definition) is 4. The second-order valence-corrected chi connectivity index (χ2v) is 4.64. The molecule has 0 unspecified atom stereocenters. The Bertz CT molecular complexity index is 385. The van der Waals surface area contributed by atoms with Crippen molar-refractivity contribution >= 4 is 5.91 Å². The standard InChI is InChI=1S/C12H20N4O2/c1-9-11(15-16-14-9)12(17)13-7-3-2-5-10-6-4-8-18-10/h10H,2-8H2,1H3,(H,13,17)(H,14,15,16)/t10-/m0/s1. The van der Waals surface area contributed by atoms with Gasteiger partial charge in [-0.3, -0.25) is 4.79 Å². The molecule has 6 heteroatoms. The highest BCUT2D eigenvalue weighted by Gasteiger charge is 2.15. The number of carbonyl (C=O) groups excluding carboxylic acids is 1. The molecular formula is C12H20N4O2. The summed E-state index contributed by atoms with van der Waals surface area (Å²) >= 11 is 0. The summed E-state index contributed by atoms with van der Waals surface area (Å²) in [6, 6.07) is 0. The zero-order chi connectivity index (χ0) is 12.8. The molecule has 0 aliphatic carbocycles. The highest BCUT2D eigenvalue weighted by Crippen LogP contribution is 2.17. The van der Waals surface area contributed by atoms with Gasteiger partial charge in [0.15, 0.2) is 5.69 Å². The summed E-state index contributed by atoms with van der Waals surface area (Å²) in [7, 11) is 0. The van der Waals surface area contributed by atoms with Crippen molar-refractivity contribution in [1.29, 1.82) is 0 Å². The van der Waals surface area contributed by atoms with Gasteiger partial charge in [-0.05, 0) is 39.0 Å². The van der Waals surface area contributed by atoms with Gasteiger partial charge in [0, 0.05) is 13.2 Å². The molecule has 2 rings (SSSR count). The van der Waals surface area contributed by atoms with Gasteiger partial charge in [-0.15, -0.1) is 0 Å². The number of ether oxygens (including phenoxy) is 1. The summed E-state index contributed by atoms with van der Waals surface area (Å²) in [5, 5.41) is 12.9. The van der Waals surface area contributed by atoms with Gasteiger partial charge in [-0.25, -0.2) is 0 Å². The number of nitrogens with one attached hydrogen (secondary N) is 2. The molecule has 0 aromatic carbocycles. The van der Waals surface area contributed by atoms with E-state index in [2.05, 4.69) is 20.7 Å². The third-order valence-electron chi connectivity index (χ3n) is 3.20. The first-order valence-corrected chi connectivity index (χ1v) is 6.54. The molecule has 0 spiro atoms. The second kappa shape index (κ2) is 6.49. The Labute approximate surface area is 106 Å². The number of carbonyl (C=O) groups is 1. The van der Waals surface area contributed by atoms with E-state index in [1.807, 2.05) is 0 Å². The first-order valence-electron chi connectivity index (χ1n) is 6.54. The molecule has 6 nitrogen and oxygen atoms in total. The number of aryl methyl sites for hydroxylation is 1. The number of aromatic amines is 1. The van der Waals surface area contributed by atoms with Crippen LogP contribution in [0, 0.1) is 6.92 Å². The van der Waals surface area contributed by atoms with Crippen LogP contribution >= 0.6 is 0 Å². The quantitative estimate of drug-likeness (QED) is 0.745. The predicted molar refractivity (Wildman–Crippen MR) is 66.3 cm³/mol. The Hall–Kier alpha value is -1.43. The number of rotatable bonds is 6. The lowest BCUT2D eigenvalue weighted by Gasteiger charge is -2.08. The van der Waals surface area contributed by atoms with Crippen LogP contribution in [-0.2, 0) is 4.74 Å². The van der Waals surface area contributed by atoms with E-state index < -0.39 is 0 Å². The number of amides is 1. The maximum atomic E-state index is 11.7. The molecule has 2 heterocycles. The van der Waals surface area contributed by atoms with Gasteiger partial charge < -0.3 is 10.1 Å². The molecule has 1 fully saturated rings. The van der Waals surface area contributed by atoms with E-state index in [0.29, 0.717) is 24.0 Å². The van der Waals surface area contributed by atoms with E-state index in [1.54, 1.807) is 6.92 Å². The van der Waals surface area contributed by atoms with Crippen LogP contribution in [0.25, 0.3) is 0 Å². The maximum absolute atomic E-state index is 11.7. The molecule has 0 radical (unpaired) electrons. The highest BCUT2D eigenvalue weighted by atomic mass is 16.5. The summed E-state index contributed by atoms with van der Waals surface area (Å²) in [4.78, 5) is 11.7. The van der Waals surface area contributed by atoms with Crippen LogP contribution < -0.4 is 5.32 Å². The van der Waals surface area contributed by atoms with Gasteiger partial charge in [0.05, 0.1) is 11.8 Å². The topological polar surface area (TPSA) is 79.9 Å². The minimum atomic E-state index is -0.154. The van der Waals surface area contributed by atoms with Crippen molar-refractivity contribution in [2.45, 2.75) is 45.1 Å². The molecule has 1 aliphatic rings. The van der Waals surface area contributed by atoms with Gasteiger partial charge in [-0.1, -0.05) is 0 Å². The van der Waals surface area contributed by atoms with Crippen LogP contribution in [-0.4, -0.2) is 40.6 Å². The molecule has 1 saturated heterocycles. The zero-order valence-corrected chi connectivity index (χ0v) is 10.7. The Morgan fingerprint density at radius 2 is 2.39 bits per heavy atom. The van der Waals surface area contributed by atoms with E-state index in [9.17, 15) is 4.79 Å². The van der Waals surface area contributed by atoms with E-state index in [4.69, 9.17) is 4.74 Å². The van der Waals surface area contributed by atoms with E-state index in [1.165, 1.54) is 12.8 Å². The van der Waals surface area contributed by atoms with Crippen molar-refractivity contribution in [3.05, 3.63) is 11.4 Å². The van der Waals surface area contributed by atoms with Crippen molar-refractivity contribution in [3.63, 3.8) is 0 Å². The third kappa shape index (κ3) is 3.53. The average molecular weight is 252 g/mol. The summed E-state index contributed by atoms with van der Waals surface area (Å²) < 4.78 is 5.55. The number of nitrogens with zero attached hydrogens (tertiary/aromatic N) is 2. The maximum Gasteiger partial charge on any atom is 0.273 e. The van der Waals surface area contributed by atoms with Crippen molar-refractivity contribution in [1.82, 2.24) is 20.7 Å². The van der Waals surface area contributed by atoms with Crippen molar-refractivity contribution in [2.75, 3.05) is 13.2 Å². The van der Waals surface area contributed by atoms with Crippen LogP contribution in [0.3, 0.4) is 0 Å². The molecule has 1 aliphatic heterocycles. The SMILES string of the molecule is Cc1n[nH]nc1C(=O)NCCCC[C@H]1CCCO1.